The second-order valence-electron chi connectivity index (χ2n) is 5.16. The molecule has 1 amide bonds. The molecule has 10 heteroatoms. The Labute approximate surface area is 146 Å². The summed E-state index contributed by atoms with van der Waals surface area (Å²) in [5, 5.41) is 8.42. The number of hydrogen-bond acceptors (Lipinski definition) is 7. The SMILES string of the molecule is CCC=C(C)C(N)=O.N.NC1CC1=O.N[C@@H](Cc1cnc[nH]1)C(=O)O. The van der Waals surface area contributed by atoms with Gasteiger partial charge in [-0.3, -0.25) is 14.4 Å². The molecule has 0 aliphatic heterocycles. The number of H-pyrrole nitrogens is 1. The average Bonchev–Trinajstić information content (AvgIpc) is 2.95. The minimum Gasteiger partial charge on any atom is -0.480 e. The van der Waals surface area contributed by atoms with E-state index in [1.54, 1.807) is 13.1 Å². The second kappa shape index (κ2) is 12.8. The van der Waals surface area contributed by atoms with Crippen LogP contribution in [0.15, 0.2) is 24.2 Å². The Kier molecular flexibility index (Phi) is 12.7. The Balaban J connectivity index is 0. The number of ketones is 1. The Morgan fingerprint density at radius 1 is 1.52 bits per heavy atom. The summed E-state index contributed by atoms with van der Waals surface area (Å²) in [6.07, 6.45) is 6.62. The topological polar surface area (TPSA) is 213 Å². The van der Waals surface area contributed by atoms with Crippen LogP contribution < -0.4 is 23.4 Å². The van der Waals surface area contributed by atoms with E-state index in [9.17, 15) is 14.4 Å². The van der Waals surface area contributed by atoms with E-state index in [2.05, 4.69) is 9.97 Å². The van der Waals surface area contributed by atoms with Gasteiger partial charge in [0, 0.05) is 30.3 Å². The van der Waals surface area contributed by atoms with E-state index in [0.717, 1.165) is 12.1 Å². The fourth-order valence-electron chi connectivity index (χ4n) is 1.29. The summed E-state index contributed by atoms with van der Waals surface area (Å²) in [5.41, 5.74) is 16.6. The maximum absolute atomic E-state index is 10.3. The predicted molar refractivity (Wildman–Crippen MR) is 93.8 cm³/mol. The van der Waals surface area contributed by atoms with Crippen LogP contribution in [0, 0.1) is 0 Å². The molecule has 1 aromatic rings. The van der Waals surface area contributed by atoms with Gasteiger partial charge in [-0.15, -0.1) is 0 Å². The highest BCUT2D eigenvalue weighted by molar-refractivity contribution is 5.99. The van der Waals surface area contributed by atoms with Gasteiger partial charge in [0.25, 0.3) is 0 Å². The lowest BCUT2D eigenvalue weighted by molar-refractivity contribution is -0.138. The Hall–Kier alpha value is -2.56. The molecule has 1 unspecified atom stereocenters. The van der Waals surface area contributed by atoms with E-state index in [1.165, 1.54) is 6.33 Å². The smallest absolute Gasteiger partial charge is 0.320 e. The first-order valence-corrected chi connectivity index (χ1v) is 7.39. The number of aromatic amines is 1. The number of aromatic nitrogens is 2. The molecule has 25 heavy (non-hydrogen) atoms. The van der Waals surface area contributed by atoms with Gasteiger partial charge in [0.2, 0.25) is 5.91 Å². The van der Waals surface area contributed by atoms with Crippen molar-refractivity contribution in [3.8, 4) is 0 Å². The summed E-state index contributed by atoms with van der Waals surface area (Å²) in [4.78, 5) is 36.8. The van der Waals surface area contributed by atoms with Crippen LogP contribution in [0.25, 0.3) is 0 Å². The molecular weight excluding hydrogens is 328 g/mol. The Bertz CT molecular complexity index is 571. The fraction of sp³-hybridized carbons (Fsp3) is 0.467. The van der Waals surface area contributed by atoms with Gasteiger partial charge in [-0.25, -0.2) is 4.98 Å². The van der Waals surface area contributed by atoms with Crippen LogP contribution >= 0.6 is 0 Å². The van der Waals surface area contributed by atoms with E-state index >= 15 is 0 Å². The molecule has 1 fully saturated rings. The van der Waals surface area contributed by atoms with Crippen molar-refractivity contribution >= 4 is 17.7 Å². The van der Waals surface area contributed by atoms with Crippen molar-refractivity contribution < 1.29 is 19.5 Å². The highest BCUT2D eigenvalue weighted by Gasteiger charge is 2.29. The minimum atomic E-state index is -1.00. The zero-order valence-corrected chi connectivity index (χ0v) is 14.6. The molecule has 1 aromatic heterocycles. The summed E-state index contributed by atoms with van der Waals surface area (Å²) in [5.74, 6) is -1.13. The van der Waals surface area contributed by atoms with Crippen LogP contribution in [-0.4, -0.2) is 44.8 Å². The van der Waals surface area contributed by atoms with Gasteiger partial charge < -0.3 is 33.4 Å². The van der Waals surface area contributed by atoms with E-state index in [0.29, 0.717) is 12.0 Å². The summed E-state index contributed by atoms with van der Waals surface area (Å²) >= 11 is 0. The number of carboxylic acid groups (broad SMARTS) is 1. The van der Waals surface area contributed by atoms with E-state index in [4.69, 9.17) is 22.3 Å². The van der Waals surface area contributed by atoms with Crippen molar-refractivity contribution in [1.82, 2.24) is 16.1 Å². The summed E-state index contributed by atoms with van der Waals surface area (Å²) in [6.45, 7) is 3.68. The fourth-order valence-corrected chi connectivity index (χ4v) is 1.29. The lowest BCUT2D eigenvalue weighted by atomic mass is 10.2. The number of Topliss-reactive ketones (excluding diaryl/α,β-unsaturated/α-hetero) is 1. The quantitative estimate of drug-likeness (QED) is 0.382. The molecule has 10 nitrogen and oxygen atoms in total. The van der Waals surface area contributed by atoms with Crippen LogP contribution in [0.5, 0.6) is 0 Å². The van der Waals surface area contributed by atoms with E-state index in [1.807, 2.05) is 13.0 Å². The highest BCUT2D eigenvalue weighted by Crippen LogP contribution is 2.07. The Morgan fingerprint density at radius 2 is 2.04 bits per heavy atom. The third-order valence-electron chi connectivity index (χ3n) is 2.89. The molecule has 2 atom stereocenters. The van der Waals surface area contributed by atoms with Crippen LogP contribution in [0.2, 0.25) is 0 Å². The molecule has 0 radical (unpaired) electrons. The van der Waals surface area contributed by atoms with Gasteiger partial charge in [0.1, 0.15) is 6.04 Å². The number of aliphatic carboxylic acids is 1. The molecule has 2 rings (SSSR count). The number of amides is 1. The van der Waals surface area contributed by atoms with Crippen molar-refractivity contribution in [3.63, 3.8) is 0 Å². The standard InChI is InChI=1S/C6H9N3O2.C6H11NO.C3H5NO.H3N/c7-5(6(10)11)1-4-2-8-3-9-4;1-3-4-5(2)6(7)8;4-2-1-3(2)5;/h2-3,5H,1,7H2,(H,8,9)(H,10,11);4H,3H2,1-2H3,(H2,7,8);2H,1,4H2;1H3/t5-;;;/m0.../s1. The van der Waals surface area contributed by atoms with Crippen LogP contribution in [-0.2, 0) is 20.8 Å². The maximum Gasteiger partial charge on any atom is 0.320 e. The monoisotopic (exact) mass is 356 g/mol. The van der Waals surface area contributed by atoms with Gasteiger partial charge in [-0.2, -0.15) is 0 Å². The predicted octanol–water partition coefficient (Wildman–Crippen LogP) is -0.359. The van der Waals surface area contributed by atoms with Gasteiger partial charge >= 0.3 is 5.97 Å². The van der Waals surface area contributed by atoms with Gasteiger partial charge in [-0.1, -0.05) is 13.0 Å². The first-order valence-electron chi connectivity index (χ1n) is 7.39. The number of nitrogens with one attached hydrogen (secondary N) is 1. The molecule has 11 N–H and O–H groups in total. The van der Waals surface area contributed by atoms with Gasteiger partial charge in [-0.05, 0) is 13.3 Å². The first-order chi connectivity index (χ1) is 11.2. The Morgan fingerprint density at radius 3 is 2.28 bits per heavy atom. The second-order valence-corrected chi connectivity index (χ2v) is 5.16. The molecule has 1 aliphatic carbocycles. The van der Waals surface area contributed by atoms with Crippen molar-refractivity contribution in [2.45, 2.75) is 45.2 Å². The summed E-state index contributed by atoms with van der Waals surface area (Å²) in [6, 6.07) is -0.939. The zero-order chi connectivity index (χ0) is 18.7. The lowest BCUT2D eigenvalue weighted by Gasteiger charge is -2.02. The zero-order valence-electron chi connectivity index (χ0n) is 14.6. The third-order valence-corrected chi connectivity index (χ3v) is 2.89. The first kappa shape index (κ1) is 24.7. The van der Waals surface area contributed by atoms with Crippen molar-refractivity contribution in [2.24, 2.45) is 17.2 Å². The molecule has 0 saturated heterocycles. The third kappa shape index (κ3) is 12.5. The molecule has 0 spiro atoms. The van der Waals surface area contributed by atoms with Crippen molar-refractivity contribution in [3.05, 3.63) is 29.9 Å². The van der Waals surface area contributed by atoms with E-state index in [-0.39, 0.29) is 30.3 Å². The number of primary amides is 1. The number of hydrogen-bond donors (Lipinski definition) is 6. The highest BCUT2D eigenvalue weighted by atomic mass is 16.4. The van der Waals surface area contributed by atoms with Gasteiger partial charge in [0.05, 0.1) is 12.4 Å². The number of carboxylic acids is 1. The minimum absolute atomic E-state index is 0. The average molecular weight is 356 g/mol. The summed E-state index contributed by atoms with van der Waals surface area (Å²) in [7, 11) is 0. The van der Waals surface area contributed by atoms with E-state index < -0.39 is 12.0 Å². The lowest BCUT2D eigenvalue weighted by Crippen LogP contribution is -2.32. The summed E-state index contributed by atoms with van der Waals surface area (Å²) < 4.78 is 0. The number of nitrogens with two attached hydrogens (primary N) is 3. The number of allylic oxidation sites excluding steroid dienone is 1. The number of imidazole rings is 1. The maximum atomic E-state index is 10.3. The van der Waals surface area contributed by atoms with Crippen LogP contribution in [0.3, 0.4) is 0 Å². The molecule has 142 valence electrons. The van der Waals surface area contributed by atoms with Crippen molar-refractivity contribution in [1.29, 1.82) is 0 Å². The molecule has 0 bridgehead atoms. The number of nitrogens with zero attached hydrogens (tertiary/aromatic N) is 1. The normalized spacial score (nSPS) is 16.2. The molecule has 1 aliphatic rings. The molecule has 1 heterocycles. The number of carbonyl (C=O) groups is 3. The van der Waals surface area contributed by atoms with Crippen LogP contribution in [0.4, 0.5) is 0 Å². The van der Waals surface area contributed by atoms with Crippen molar-refractivity contribution in [2.75, 3.05) is 0 Å². The van der Waals surface area contributed by atoms with Crippen LogP contribution in [0.1, 0.15) is 32.4 Å². The molecule has 0 aromatic carbocycles. The number of carbonyl (C=O) groups excluding carboxylic acids is 2. The molecular formula is C15H28N6O4. The number of rotatable bonds is 5. The molecule has 1 saturated carbocycles. The largest absolute Gasteiger partial charge is 0.480 e. The van der Waals surface area contributed by atoms with Gasteiger partial charge in [0.15, 0.2) is 5.78 Å².